The van der Waals surface area contributed by atoms with Gasteiger partial charge in [0.25, 0.3) is 6.71 Å². The minimum atomic E-state index is -0.228. The van der Waals surface area contributed by atoms with Gasteiger partial charge in [-0.2, -0.15) is 0 Å². The highest BCUT2D eigenvalue weighted by molar-refractivity contribution is 7.00. The Morgan fingerprint density at radius 2 is 0.780 bits per heavy atom. The van der Waals surface area contributed by atoms with Crippen LogP contribution in [0, 0.1) is 28.6 Å². The molecule has 2 aliphatic heterocycles. The van der Waals surface area contributed by atoms with Crippen molar-refractivity contribution in [3.05, 3.63) is 335 Å². The molecule has 3 heteroatoms. The Kier molecular flexibility index (Phi) is 17.3. The number of allylic oxidation sites excluding steroid dienone is 12. The van der Waals surface area contributed by atoms with Gasteiger partial charge in [0.05, 0.1) is 11.4 Å². The summed E-state index contributed by atoms with van der Waals surface area (Å²) in [6, 6.07) is 98.0. The molecular weight excluding hydrogens is 1310 g/mol. The molecule has 3 atom stereocenters. The fourth-order valence-corrected chi connectivity index (χ4v) is 20.3. The molecule has 3 unspecified atom stereocenters. The average molecular weight is 1410 g/mol. The Morgan fingerprint density at radius 3 is 1.23 bits per heavy atom. The second kappa shape index (κ2) is 27.3. The van der Waals surface area contributed by atoms with Crippen molar-refractivity contribution in [2.75, 3.05) is 9.80 Å². The molecule has 0 aromatic heterocycles. The van der Waals surface area contributed by atoms with Crippen molar-refractivity contribution in [2.24, 2.45) is 28.6 Å². The van der Waals surface area contributed by atoms with E-state index >= 15 is 0 Å². The molecular formula is C106H101BN2. The summed E-state index contributed by atoms with van der Waals surface area (Å²) < 4.78 is 0. The maximum absolute atomic E-state index is 2.81. The van der Waals surface area contributed by atoms with Gasteiger partial charge < -0.3 is 9.80 Å². The lowest BCUT2D eigenvalue weighted by atomic mass is 9.33. The summed E-state index contributed by atoms with van der Waals surface area (Å²) in [5.74, 6) is 1.97. The first-order valence-corrected chi connectivity index (χ1v) is 41.0. The quantitative estimate of drug-likeness (QED) is 0.119. The van der Waals surface area contributed by atoms with Gasteiger partial charge in [-0.3, -0.25) is 0 Å². The summed E-state index contributed by atoms with van der Waals surface area (Å²) in [7, 11) is 0. The summed E-state index contributed by atoms with van der Waals surface area (Å²) in [5.41, 5.74) is 40.0. The Bertz CT molecular complexity index is 5440. The summed E-state index contributed by atoms with van der Waals surface area (Å²) in [6.45, 7) is 21.3. The highest BCUT2D eigenvalue weighted by Crippen LogP contribution is 2.60. The van der Waals surface area contributed by atoms with E-state index < -0.39 is 0 Å². The molecule has 0 bridgehead atoms. The lowest BCUT2D eigenvalue weighted by Gasteiger charge is -2.48. The molecule has 0 spiro atoms. The summed E-state index contributed by atoms with van der Waals surface area (Å²) in [5, 5.41) is 0. The van der Waals surface area contributed by atoms with Crippen molar-refractivity contribution >= 4 is 62.8 Å². The second-order valence-corrected chi connectivity index (χ2v) is 36.0. The standard InChI is InChI=1S/C106H101BN2/c1-104(2,3)84-51-47-71(48-52-84)82-65-97-101-98(66-82)109(103-90(74-41-27-15-28-42-74)60-81(70-35-21-12-22-36-70)61-91(103)75-43-29-16-30-44-75)96-54-50-77(87-62-83-57-85(105(4,5)6)55-78-45-46-79-56-86(106(7,8)9)67-92(87)100(79)99(78)83)64-94(96)107(101)93-63-76(68-31-17-10-18-32-68)49-53-95(93)108(97)102-88(72-37-23-13-24-38-72)58-80(69-33-19-11-20-34-69)59-89(102)73-39-25-14-26-40-73/h10,13-18,23-32,37-54,56-67,69-70,78,99-100H,11-12,19-22,33-36,55H2,1-9H3. The topological polar surface area (TPSA) is 6.48 Å². The molecule has 0 radical (unpaired) electrons. The lowest BCUT2D eigenvalue weighted by Crippen LogP contribution is -2.61. The van der Waals surface area contributed by atoms with E-state index in [9.17, 15) is 0 Å². The zero-order valence-corrected chi connectivity index (χ0v) is 65.3. The van der Waals surface area contributed by atoms with Crippen LogP contribution >= 0.6 is 0 Å². The van der Waals surface area contributed by atoms with E-state index in [0.717, 1.165) is 6.42 Å². The lowest BCUT2D eigenvalue weighted by molar-refractivity contribution is 0.328. The summed E-state index contributed by atoms with van der Waals surface area (Å²) in [4.78, 5) is 5.60. The third kappa shape index (κ3) is 12.3. The van der Waals surface area contributed by atoms with Gasteiger partial charge in [-0.15, -0.1) is 0 Å². The first kappa shape index (κ1) is 69.0. The van der Waals surface area contributed by atoms with Crippen molar-refractivity contribution in [3.8, 4) is 66.8 Å². The molecule has 11 aromatic rings. The van der Waals surface area contributed by atoms with Gasteiger partial charge in [-0.1, -0.05) is 343 Å². The second-order valence-electron chi connectivity index (χ2n) is 36.0. The monoisotopic (exact) mass is 1410 g/mol. The van der Waals surface area contributed by atoms with E-state index in [1.54, 1.807) is 5.57 Å². The predicted octanol–water partition coefficient (Wildman–Crippen LogP) is 27.6. The predicted molar refractivity (Wildman–Crippen MR) is 466 cm³/mol. The molecule has 2 fully saturated rings. The van der Waals surface area contributed by atoms with Crippen molar-refractivity contribution in [2.45, 2.75) is 150 Å². The number of anilines is 6. The van der Waals surface area contributed by atoms with Crippen LogP contribution < -0.4 is 26.2 Å². The van der Waals surface area contributed by atoms with Crippen molar-refractivity contribution in [1.82, 2.24) is 0 Å². The van der Waals surface area contributed by atoms with Crippen molar-refractivity contribution < 1.29 is 0 Å². The number of fused-ring (bicyclic) bond motifs is 4. The third-order valence-corrected chi connectivity index (χ3v) is 26.1. The number of benzene rings is 11. The molecule has 2 nitrogen and oxygen atoms in total. The Labute approximate surface area is 649 Å². The molecule has 19 rings (SSSR count). The van der Waals surface area contributed by atoms with Gasteiger partial charge in [0, 0.05) is 56.8 Å². The smallest absolute Gasteiger partial charge is 0.252 e. The van der Waals surface area contributed by atoms with Crippen LogP contribution in [0.25, 0.3) is 72.3 Å². The highest BCUT2D eigenvalue weighted by Gasteiger charge is 2.49. The van der Waals surface area contributed by atoms with E-state index in [-0.39, 0.29) is 28.9 Å². The fourth-order valence-electron chi connectivity index (χ4n) is 20.3. The molecule has 8 aliphatic rings. The van der Waals surface area contributed by atoms with Crippen LogP contribution in [0.1, 0.15) is 167 Å². The number of hydrogen-bond acceptors (Lipinski definition) is 2. The SMILES string of the molecule is CC(C)(C)C1=CC2=C(c3ccc4c(c3)B3c5cc(-c6ccccc6)ccc5N(c5c(-c6ccccc6)cc(C6CCCCC6)cc5-c5ccccc5)c5cc(-c6ccc(C(C)(C)C)cc6)cc(c53)N4c3c(-c4ccccc4)cc(C4CCCCC4)cc3-c3ccccc3)C=C3C=C(C(C)(C)C)CC4C=CC(=C1)C2C34. The van der Waals surface area contributed by atoms with Crippen molar-refractivity contribution in [1.29, 1.82) is 0 Å². The van der Waals surface area contributed by atoms with Crippen molar-refractivity contribution in [3.63, 3.8) is 0 Å². The molecule has 2 heterocycles. The summed E-state index contributed by atoms with van der Waals surface area (Å²) in [6.07, 6.45) is 29.2. The molecule has 0 N–H and O–H groups in total. The van der Waals surface area contributed by atoms with Crippen LogP contribution in [0.4, 0.5) is 34.1 Å². The van der Waals surface area contributed by atoms with Crippen LogP contribution in [-0.4, -0.2) is 6.71 Å². The van der Waals surface area contributed by atoms with Crippen LogP contribution in [0.15, 0.2) is 313 Å². The van der Waals surface area contributed by atoms with Gasteiger partial charge in [0.15, 0.2) is 0 Å². The Morgan fingerprint density at radius 1 is 0.349 bits per heavy atom. The normalized spacial score (nSPS) is 18.9. The first-order chi connectivity index (χ1) is 52.9. The number of rotatable bonds is 11. The van der Waals surface area contributed by atoms with E-state index in [2.05, 4.69) is 357 Å². The van der Waals surface area contributed by atoms with Gasteiger partial charge in [0.2, 0.25) is 0 Å². The molecule has 0 saturated heterocycles. The van der Waals surface area contributed by atoms with E-state index in [1.165, 1.54) is 232 Å². The zero-order chi connectivity index (χ0) is 74.0. The maximum Gasteiger partial charge on any atom is 0.252 e. The van der Waals surface area contributed by atoms with Crippen LogP contribution in [-0.2, 0) is 5.41 Å². The zero-order valence-electron chi connectivity index (χ0n) is 65.3. The van der Waals surface area contributed by atoms with E-state index in [0.29, 0.717) is 23.7 Å². The Hall–Kier alpha value is -10.5. The van der Waals surface area contributed by atoms with Gasteiger partial charge >= 0.3 is 0 Å². The van der Waals surface area contributed by atoms with E-state index in [4.69, 9.17) is 0 Å². The minimum absolute atomic E-state index is 0.0327. The number of nitrogens with zero attached hydrogens (tertiary/aromatic N) is 2. The van der Waals surface area contributed by atoms with Crippen LogP contribution in [0.5, 0.6) is 0 Å². The molecule has 0 amide bonds. The first-order valence-electron chi connectivity index (χ1n) is 41.0. The fraction of sp³-hybridized carbons (Fsp3) is 0.264. The largest absolute Gasteiger partial charge is 0.310 e. The number of hydrogen-bond donors (Lipinski definition) is 0. The highest BCUT2D eigenvalue weighted by atomic mass is 15.2. The molecule has 2 saturated carbocycles. The van der Waals surface area contributed by atoms with Crippen LogP contribution in [0.2, 0.25) is 0 Å². The molecule has 538 valence electrons. The van der Waals surface area contributed by atoms with Gasteiger partial charge in [0.1, 0.15) is 0 Å². The third-order valence-electron chi connectivity index (χ3n) is 26.1. The van der Waals surface area contributed by atoms with Crippen LogP contribution in [0.3, 0.4) is 0 Å². The van der Waals surface area contributed by atoms with Gasteiger partial charge in [-0.05, 0) is 226 Å². The average Bonchev–Trinajstić information content (AvgIpc) is 0.686. The maximum atomic E-state index is 2.81. The van der Waals surface area contributed by atoms with Gasteiger partial charge in [-0.25, -0.2) is 0 Å². The molecule has 109 heavy (non-hydrogen) atoms. The van der Waals surface area contributed by atoms with E-state index in [1.807, 2.05) is 0 Å². The minimum Gasteiger partial charge on any atom is -0.310 e. The molecule has 6 aliphatic carbocycles. The molecule has 11 aromatic carbocycles. The Balaban J connectivity index is 0.984. The summed E-state index contributed by atoms with van der Waals surface area (Å²) >= 11 is 0.